The van der Waals surface area contributed by atoms with Gasteiger partial charge in [-0.05, 0) is 38.1 Å². The molecule has 0 aliphatic rings. The maximum atomic E-state index is 13.7. The van der Waals surface area contributed by atoms with Gasteiger partial charge in [-0.3, -0.25) is 14.9 Å². The molecule has 0 saturated heterocycles. The molecule has 12 heteroatoms. The number of Topliss-reactive ketones (excluding diaryl/α,β-unsaturated/α-hetero) is 1. The van der Waals surface area contributed by atoms with Crippen molar-refractivity contribution in [3.05, 3.63) is 47.3 Å². The van der Waals surface area contributed by atoms with Gasteiger partial charge in [0.05, 0.1) is 29.0 Å². The summed E-state index contributed by atoms with van der Waals surface area (Å²) < 4.78 is 41.2. The van der Waals surface area contributed by atoms with Crippen molar-refractivity contribution in [2.75, 3.05) is 22.6 Å². The van der Waals surface area contributed by atoms with Crippen molar-refractivity contribution in [3.63, 3.8) is 0 Å². The van der Waals surface area contributed by atoms with E-state index in [0.717, 1.165) is 6.07 Å². The Morgan fingerprint density at radius 2 is 1.82 bits per heavy atom. The van der Waals surface area contributed by atoms with Gasteiger partial charge in [-0.25, -0.2) is 9.78 Å². The molecule has 9 nitrogen and oxygen atoms in total. The average molecular weight is 463 g/mol. The number of anilines is 3. The van der Waals surface area contributed by atoms with Gasteiger partial charge >= 0.3 is 12.3 Å². The van der Waals surface area contributed by atoms with Gasteiger partial charge in [-0.15, -0.1) is 0 Å². The van der Waals surface area contributed by atoms with E-state index in [1.165, 1.54) is 30.3 Å². The van der Waals surface area contributed by atoms with Crippen molar-refractivity contribution in [3.8, 4) is 6.07 Å². The van der Waals surface area contributed by atoms with E-state index in [9.17, 15) is 27.6 Å². The fourth-order valence-electron chi connectivity index (χ4n) is 2.81. The largest absolute Gasteiger partial charge is 0.465 e. The topological polar surface area (TPSA) is 135 Å². The Morgan fingerprint density at radius 1 is 1.18 bits per heavy atom. The SMILES string of the molecule is CC(C)N(C)c1cc(NC(=O)O)c(NC(=O)CC(=O)c2ccnc(C#N)c2)cc1C(F)(F)F. The number of carboxylic acid groups (broad SMARTS) is 1. The number of amides is 2. The van der Waals surface area contributed by atoms with Crippen molar-refractivity contribution >= 4 is 34.8 Å². The first kappa shape index (κ1) is 25.1. The predicted octanol–water partition coefficient (Wildman–Crippen LogP) is 4.12. The molecule has 0 radical (unpaired) electrons. The fraction of sp³-hybridized carbons (Fsp3) is 0.286. The Balaban J connectivity index is 2.42. The first-order chi connectivity index (χ1) is 15.3. The number of carbonyl (C=O) groups excluding carboxylic acids is 2. The molecule has 0 aliphatic carbocycles. The molecule has 0 atom stereocenters. The number of alkyl halides is 3. The molecule has 3 N–H and O–H groups in total. The van der Waals surface area contributed by atoms with E-state index in [1.807, 2.05) is 5.32 Å². The summed E-state index contributed by atoms with van der Waals surface area (Å²) in [5, 5.41) is 22.1. The number of aromatic nitrogens is 1. The standard InChI is InChI=1S/C21H20F3N5O4/c1-11(2)29(3)17-8-16(28-20(32)33)15(7-14(17)21(22,23)24)27-19(31)9-18(30)12-4-5-26-13(6-12)10-25/h4-8,11,28H,9H2,1-3H3,(H,27,31)(H,32,33). The lowest BCUT2D eigenvalue weighted by Crippen LogP contribution is -2.29. The predicted molar refractivity (Wildman–Crippen MR) is 113 cm³/mol. The molecular formula is C21H20F3N5O4. The van der Waals surface area contributed by atoms with Gasteiger partial charge in [0.2, 0.25) is 5.91 Å². The summed E-state index contributed by atoms with van der Waals surface area (Å²) in [6, 6.07) is 5.44. The third kappa shape index (κ3) is 6.42. The van der Waals surface area contributed by atoms with E-state index >= 15 is 0 Å². The van der Waals surface area contributed by atoms with Gasteiger partial charge in [-0.1, -0.05) is 0 Å². The molecule has 0 unspecified atom stereocenters. The molecule has 1 aromatic heterocycles. The first-order valence-corrected chi connectivity index (χ1v) is 9.50. The zero-order valence-electron chi connectivity index (χ0n) is 17.8. The number of nitrogens with zero attached hydrogens (tertiary/aromatic N) is 3. The molecule has 1 aromatic carbocycles. The zero-order chi connectivity index (χ0) is 24.9. The summed E-state index contributed by atoms with van der Waals surface area (Å²) in [7, 11) is 1.42. The van der Waals surface area contributed by atoms with Gasteiger partial charge in [0, 0.05) is 24.8 Å². The van der Waals surface area contributed by atoms with Gasteiger partial charge in [0.1, 0.15) is 11.8 Å². The highest BCUT2D eigenvalue weighted by atomic mass is 19.4. The third-order valence-electron chi connectivity index (χ3n) is 4.63. The second-order valence-electron chi connectivity index (χ2n) is 7.24. The van der Waals surface area contributed by atoms with E-state index in [2.05, 4.69) is 10.3 Å². The summed E-state index contributed by atoms with van der Waals surface area (Å²) in [6.45, 7) is 3.31. The van der Waals surface area contributed by atoms with Crippen LogP contribution in [-0.2, 0) is 11.0 Å². The normalized spacial score (nSPS) is 11.0. The molecule has 1 heterocycles. The number of hydrogen-bond donors (Lipinski definition) is 3. The van der Waals surface area contributed by atoms with E-state index in [0.29, 0.717) is 6.07 Å². The van der Waals surface area contributed by atoms with Crippen LogP contribution in [-0.4, -0.2) is 41.0 Å². The van der Waals surface area contributed by atoms with Gasteiger partial charge in [-0.2, -0.15) is 18.4 Å². The van der Waals surface area contributed by atoms with E-state index in [-0.39, 0.29) is 28.7 Å². The molecule has 0 spiro atoms. The molecule has 33 heavy (non-hydrogen) atoms. The Kier molecular flexibility index (Phi) is 7.60. The van der Waals surface area contributed by atoms with E-state index < -0.39 is 41.6 Å². The smallest absolute Gasteiger partial charge is 0.418 e. The maximum Gasteiger partial charge on any atom is 0.418 e. The van der Waals surface area contributed by atoms with Crippen LogP contribution in [0.4, 0.5) is 35.0 Å². The van der Waals surface area contributed by atoms with Crippen molar-refractivity contribution in [1.29, 1.82) is 5.26 Å². The molecule has 0 fully saturated rings. The minimum absolute atomic E-state index is 0.0190. The number of nitrogens with one attached hydrogen (secondary N) is 2. The minimum atomic E-state index is -4.81. The molecule has 174 valence electrons. The molecule has 0 aliphatic heterocycles. The second-order valence-corrected chi connectivity index (χ2v) is 7.24. The molecule has 0 saturated carbocycles. The minimum Gasteiger partial charge on any atom is -0.465 e. The van der Waals surface area contributed by atoms with Crippen molar-refractivity contribution < 1.29 is 32.7 Å². The molecule has 0 bridgehead atoms. The van der Waals surface area contributed by atoms with Gasteiger partial charge in [0.15, 0.2) is 5.78 Å². The van der Waals surface area contributed by atoms with E-state index in [4.69, 9.17) is 10.4 Å². The van der Waals surface area contributed by atoms with Crippen molar-refractivity contribution in [2.45, 2.75) is 32.5 Å². The Bertz CT molecular complexity index is 1130. The van der Waals surface area contributed by atoms with Gasteiger partial charge < -0.3 is 15.3 Å². The number of carbonyl (C=O) groups is 3. The summed E-state index contributed by atoms with van der Waals surface area (Å²) in [6.07, 6.45) is -5.91. The van der Waals surface area contributed by atoms with Crippen LogP contribution in [0.2, 0.25) is 0 Å². The quantitative estimate of drug-likeness (QED) is 0.415. The van der Waals surface area contributed by atoms with Crippen LogP contribution >= 0.6 is 0 Å². The number of benzene rings is 1. The summed E-state index contributed by atoms with van der Waals surface area (Å²) >= 11 is 0. The highest BCUT2D eigenvalue weighted by Crippen LogP contribution is 2.41. The third-order valence-corrected chi connectivity index (χ3v) is 4.63. The summed E-state index contributed by atoms with van der Waals surface area (Å²) in [5.41, 5.74) is -2.18. The lowest BCUT2D eigenvalue weighted by molar-refractivity contribution is -0.137. The molecular weight excluding hydrogens is 443 g/mol. The Morgan fingerprint density at radius 3 is 2.36 bits per heavy atom. The number of halogens is 3. The average Bonchev–Trinajstić information content (AvgIpc) is 2.72. The highest BCUT2D eigenvalue weighted by Gasteiger charge is 2.36. The van der Waals surface area contributed by atoms with Crippen molar-refractivity contribution in [2.24, 2.45) is 0 Å². The Labute approximate surface area is 186 Å². The van der Waals surface area contributed by atoms with Crippen LogP contribution in [0.5, 0.6) is 0 Å². The van der Waals surface area contributed by atoms with Crippen LogP contribution in [0.25, 0.3) is 0 Å². The monoisotopic (exact) mass is 463 g/mol. The second kappa shape index (κ2) is 9.99. The highest BCUT2D eigenvalue weighted by molar-refractivity contribution is 6.12. The number of nitriles is 1. The van der Waals surface area contributed by atoms with E-state index in [1.54, 1.807) is 19.9 Å². The first-order valence-electron chi connectivity index (χ1n) is 9.50. The Hall–Kier alpha value is -4.14. The lowest BCUT2D eigenvalue weighted by Gasteiger charge is -2.28. The molecule has 2 rings (SSSR count). The van der Waals surface area contributed by atoms with Crippen LogP contribution in [0.15, 0.2) is 30.5 Å². The van der Waals surface area contributed by atoms with Gasteiger partial charge in [0.25, 0.3) is 0 Å². The van der Waals surface area contributed by atoms with Crippen LogP contribution in [0.3, 0.4) is 0 Å². The summed E-state index contributed by atoms with van der Waals surface area (Å²) in [4.78, 5) is 40.9. The molecule has 2 aromatic rings. The number of ketones is 1. The van der Waals surface area contributed by atoms with Crippen LogP contribution < -0.4 is 15.5 Å². The number of rotatable bonds is 7. The molecule has 2 amide bonds. The van der Waals surface area contributed by atoms with Crippen LogP contribution in [0, 0.1) is 11.3 Å². The summed E-state index contributed by atoms with van der Waals surface area (Å²) in [5.74, 6) is -1.67. The van der Waals surface area contributed by atoms with Crippen LogP contribution in [0.1, 0.15) is 41.9 Å². The lowest BCUT2D eigenvalue weighted by atomic mass is 10.1. The number of pyridine rings is 1. The van der Waals surface area contributed by atoms with Crippen molar-refractivity contribution in [1.82, 2.24) is 4.98 Å². The maximum absolute atomic E-state index is 13.7. The number of hydrogen-bond acceptors (Lipinski definition) is 6. The zero-order valence-corrected chi connectivity index (χ0v) is 17.8. The fourth-order valence-corrected chi connectivity index (χ4v) is 2.81.